The second kappa shape index (κ2) is 10.4. The second-order valence-electron chi connectivity index (χ2n) is 9.47. The van der Waals surface area contributed by atoms with Crippen molar-refractivity contribution in [3.8, 4) is 11.4 Å². The molecule has 1 unspecified atom stereocenters. The van der Waals surface area contributed by atoms with Crippen LogP contribution in [0.5, 0.6) is 0 Å². The normalized spacial score (nSPS) is 18.1. The summed E-state index contributed by atoms with van der Waals surface area (Å²) >= 11 is 0. The van der Waals surface area contributed by atoms with Gasteiger partial charge in [-0.25, -0.2) is 0 Å². The summed E-state index contributed by atoms with van der Waals surface area (Å²) in [7, 11) is 0. The van der Waals surface area contributed by atoms with Gasteiger partial charge in [-0.3, -0.25) is 9.69 Å². The molecule has 0 aliphatic carbocycles. The predicted molar refractivity (Wildman–Crippen MR) is 132 cm³/mol. The van der Waals surface area contributed by atoms with Gasteiger partial charge in [0.1, 0.15) is 0 Å². The summed E-state index contributed by atoms with van der Waals surface area (Å²) in [4.78, 5) is 22.1. The number of fused-ring (bicyclic) bond motifs is 1. The molecule has 7 nitrogen and oxygen atoms in total. The third kappa shape index (κ3) is 5.30. The quantitative estimate of drug-likeness (QED) is 0.516. The summed E-state index contributed by atoms with van der Waals surface area (Å²) in [5, 5.41) is 7.32. The molecule has 3 aromatic rings. The molecular weight excluding hydrogens is 426 g/mol. The van der Waals surface area contributed by atoms with Crippen molar-refractivity contribution in [1.29, 1.82) is 0 Å². The van der Waals surface area contributed by atoms with E-state index < -0.39 is 0 Å². The number of carbonyl (C=O) groups excluding carboxylic acids is 1. The highest BCUT2D eigenvalue weighted by molar-refractivity contribution is 5.78. The molecule has 5 rings (SSSR count). The molecule has 2 aromatic carbocycles. The number of likely N-dealkylation sites (tertiary alicyclic amines) is 1. The maximum absolute atomic E-state index is 12.8. The third-order valence-corrected chi connectivity index (χ3v) is 6.87. The highest BCUT2D eigenvalue weighted by Gasteiger charge is 2.27. The number of aryl methyl sites for hydroxylation is 1. The summed E-state index contributed by atoms with van der Waals surface area (Å²) in [6, 6.07) is 16.7. The van der Waals surface area contributed by atoms with Crippen molar-refractivity contribution < 1.29 is 9.32 Å². The summed E-state index contributed by atoms with van der Waals surface area (Å²) in [6.07, 6.45) is 4.01. The van der Waals surface area contributed by atoms with Gasteiger partial charge in [0.2, 0.25) is 17.6 Å². The third-order valence-electron chi connectivity index (χ3n) is 6.87. The van der Waals surface area contributed by atoms with Gasteiger partial charge in [-0.1, -0.05) is 47.1 Å². The molecule has 0 bridgehead atoms. The van der Waals surface area contributed by atoms with Crippen LogP contribution in [0.15, 0.2) is 53.1 Å². The Bertz CT molecular complexity index is 1130. The van der Waals surface area contributed by atoms with Crippen molar-refractivity contribution >= 4 is 11.6 Å². The molecule has 0 radical (unpaired) electrons. The first-order valence-corrected chi connectivity index (χ1v) is 12.4. The van der Waals surface area contributed by atoms with Crippen LogP contribution in [0.25, 0.3) is 11.4 Å². The molecule has 2 aliphatic heterocycles. The second-order valence-corrected chi connectivity index (χ2v) is 9.47. The van der Waals surface area contributed by atoms with Crippen molar-refractivity contribution in [2.24, 2.45) is 5.92 Å². The molecule has 0 saturated carbocycles. The molecule has 3 heterocycles. The lowest BCUT2D eigenvalue weighted by molar-refractivity contribution is -0.126. The molecule has 1 saturated heterocycles. The van der Waals surface area contributed by atoms with Crippen molar-refractivity contribution in [1.82, 2.24) is 20.4 Å². The molecule has 0 spiro atoms. The van der Waals surface area contributed by atoms with Crippen LogP contribution in [-0.2, 0) is 17.8 Å². The van der Waals surface area contributed by atoms with Crippen LogP contribution in [0.1, 0.15) is 36.3 Å². The fourth-order valence-electron chi connectivity index (χ4n) is 5.09. The van der Waals surface area contributed by atoms with Crippen LogP contribution in [0, 0.1) is 12.8 Å². The fraction of sp³-hybridized carbons (Fsp3) is 0.444. The minimum Gasteiger partial charge on any atom is -0.371 e. The molecule has 1 N–H and O–H groups in total. The smallest absolute Gasteiger partial charge is 0.241 e. The zero-order valence-corrected chi connectivity index (χ0v) is 19.9. The predicted octanol–water partition coefficient (Wildman–Crippen LogP) is 3.83. The topological polar surface area (TPSA) is 74.5 Å². The Hall–Kier alpha value is -3.19. The number of amides is 1. The van der Waals surface area contributed by atoms with E-state index in [2.05, 4.69) is 68.6 Å². The zero-order valence-electron chi connectivity index (χ0n) is 19.9. The molecular formula is C27H33N5O2. The van der Waals surface area contributed by atoms with E-state index in [0.29, 0.717) is 18.3 Å². The molecule has 1 atom stereocenters. The van der Waals surface area contributed by atoms with Crippen LogP contribution in [0.4, 0.5) is 5.69 Å². The monoisotopic (exact) mass is 459 g/mol. The molecule has 1 amide bonds. The maximum atomic E-state index is 12.8. The van der Waals surface area contributed by atoms with Gasteiger partial charge < -0.3 is 14.7 Å². The van der Waals surface area contributed by atoms with Gasteiger partial charge in [0.15, 0.2) is 0 Å². The Kier molecular flexibility index (Phi) is 6.90. The molecule has 34 heavy (non-hydrogen) atoms. The summed E-state index contributed by atoms with van der Waals surface area (Å²) < 4.78 is 5.50. The lowest BCUT2D eigenvalue weighted by atomic mass is 9.97. The highest BCUT2D eigenvalue weighted by atomic mass is 16.5. The Labute approximate surface area is 201 Å². The number of aromatic nitrogens is 2. The van der Waals surface area contributed by atoms with Crippen molar-refractivity contribution in [2.75, 3.05) is 37.6 Å². The van der Waals surface area contributed by atoms with E-state index in [4.69, 9.17) is 4.52 Å². The van der Waals surface area contributed by atoms with Gasteiger partial charge in [0.05, 0.1) is 12.5 Å². The Balaban J connectivity index is 1.07. The lowest BCUT2D eigenvalue weighted by Crippen LogP contribution is -2.43. The van der Waals surface area contributed by atoms with Crippen molar-refractivity contribution in [2.45, 2.75) is 39.2 Å². The van der Waals surface area contributed by atoms with E-state index >= 15 is 0 Å². The Morgan fingerprint density at radius 3 is 3.00 bits per heavy atom. The van der Waals surface area contributed by atoms with E-state index in [-0.39, 0.29) is 11.8 Å². The van der Waals surface area contributed by atoms with E-state index in [1.807, 2.05) is 12.1 Å². The molecule has 1 aromatic heterocycles. The number of nitrogens with one attached hydrogen (secondary N) is 1. The van der Waals surface area contributed by atoms with Gasteiger partial charge in [-0.2, -0.15) is 4.98 Å². The van der Waals surface area contributed by atoms with E-state index in [0.717, 1.165) is 64.0 Å². The van der Waals surface area contributed by atoms with Crippen LogP contribution < -0.4 is 10.2 Å². The van der Waals surface area contributed by atoms with Crippen LogP contribution >= 0.6 is 0 Å². The number of hydrogen-bond acceptors (Lipinski definition) is 6. The van der Waals surface area contributed by atoms with E-state index in [9.17, 15) is 4.79 Å². The van der Waals surface area contributed by atoms with Crippen LogP contribution in [0.2, 0.25) is 0 Å². The standard InChI is InChI=1S/C27H33N5O2/c1-20-7-4-9-22(17-20)26-29-25(34-30-26)19-31-14-5-10-23(18-31)27(33)28-13-6-15-32-16-12-21-8-2-3-11-24(21)32/h2-4,7-9,11,17,23H,5-6,10,12-16,18-19H2,1H3,(H,28,33). The largest absolute Gasteiger partial charge is 0.371 e. The van der Waals surface area contributed by atoms with Gasteiger partial charge in [0, 0.05) is 37.4 Å². The Morgan fingerprint density at radius 2 is 2.09 bits per heavy atom. The average molecular weight is 460 g/mol. The number of rotatable bonds is 8. The van der Waals surface area contributed by atoms with Gasteiger partial charge >= 0.3 is 0 Å². The first-order valence-electron chi connectivity index (χ1n) is 12.4. The lowest BCUT2D eigenvalue weighted by Gasteiger charge is -2.31. The highest BCUT2D eigenvalue weighted by Crippen LogP contribution is 2.27. The molecule has 178 valence electrons. The van der Waals surface area contributed by atoms with Crippen LogP contribution in [-0.4, -0.2) is 53.7 Å². The number of piperidine rings is 1. The fourth-order valence-corrected chi connectivity index (χ4v) is 5.09. The first-order chi connectivity index (χ1) is 16.7. The number of benzene rings is 2. The van der Waals surface area contributed by atoms with Crippen molar-refractivity contribution in [3.05, 3.63) is 65.5 Å². The number of para-hydroxylation sites is 1. The average Bonchev–Trinajstić information content (AvgIpc) is 3.49. The minimum atomic E-state index is 0.0143. The minimum absolute atomic E-state index is 0.0143. The molecule has 2 aliphatic rings. The van der Waals surface area contributed by atoms with Gasteiger partial charge in [-0.15, -0.1) is 0 Å². The van der Waals surface area contributed by atoms with E-state index in [1.54, 1.807) is 0 Å². The van der Waals surface area contributed by atoms with Gasteiger partial charge in [0.25, 0.3) is 0 Å². The first kappa shape index (κ1) is 22.6. The number of nitrogens with zero attached hydrogens (tertiary/aromatic N) is 4. The zero-order chi connectivity index (χ0) is 23.3. The van der Waals surface area contributed by atoms with Crippen LogP contribution in [0.3, 0.4) is 0 Å². The summed E-state index contributed by atoms with van der Waals surface area (Å²) in [6.45, 7) is 7.08. The van der Waals surface area contributed by atoms with Crippen molar-refractivity contribution in [3.63, 3.8) is 0 Å². The number of hydrogen-bond donors (Lipinski definition) is 1. The SMILES string of the molecule is Cc1cccc(-c2noc(CN3CCCC(C(=O)NCCCN4CCc5ccccc54)C3)n2)c1. The number of carbonyl (C=O) groups is 1. The number of anilines is 1. The van der Waals surface area contributed by atoms with Gasteiger partial charge in [-0.05, 0) is 56.8 Å². The maximum Gasteiger partial charge on any atom is 0.241 e. The summed E-state index contributed by atoms with van der Waals surface area (Å²) in [5.74, 6) is 1.40. The van der Waals surface area contributed by atoms with E-state index in [1.165, 1.54) is 16.8 Å². The molecule has 1 fully saturated rings. The summed E-state index contributed by atoms with van der Waals surface area (Å²) in [5.41, 5.74) is 4.91. The Morgan fingerprint density at radius 1 is 1.18 bits per heavy atom. The molecule has 7 heteroatoms.